The molecule has 6 atom stereocenters. The van der Waals surface area contributed by atoms with Gasteiger partial charge in [-0.3, -0.25) is 19.3 Å². The number of carbonyl (C=O) groups is 4. The monoisotopic (exact) mass is 448 g/mol. The largest absolute Gasteiger partial charge is 0.465 e. The summed E-state index contributed by atoms with van der Waals surface area (Å²) in [4.78, 5) is 52.6. The zero-order valence-electron chi connectivity index (χ0n) is 18.6. The zero-order chi connectivity index (χ0) is 22.9. The van der Waals surface area contributed by atoms with E-state index in [1.807, 2.05) is 0 Å². The number of amides is 3. The van der Waals surface area contributed by atoms with E-state index in [9.17, 15) is 19.2 Å². The van der Waals surface area contributed by atoms with E-state index in [2.05, 4.69) is 17.5 Å². The van der Waals surface area contributed by atoms with E-state index in [0.717, 1.165) is 0 Å². The van der Waals surface area contributed by atoms with E-state index >= 15 is 0 Å². The van der Waals surface area contributed by atoms with E-state index in [-0.39, 0.29) is 53.4 Å². The summed E-state index contributed by atoms with van der Waals surface area (Å²) in [6.07, 6.45) is 8.22. The van der Waals surface area contributed by atoms with Gasteiger partial charge in [-0.1, -0.05) is 12.2 Å². The summed E-state index contributed by atoms with van der Waals surface area (Å²) in [6.45, 7) is 0. The highest BCUT2D eigenvalue weighted by Crippen LogP contribution is 2.65. The molecular weight excluding hydrogens is 420 g/mol. The molecule has 2 bridgehead atoms. The average Bonchev–Trinajstić information content (AvgIpc) is 3.62. The van der Waals surface area contributed by atoms with Crippen LogP contribution in [0.25, 0.3) is 0 Å². The molecule has 1 aliphatic heterocycles. The van der Waals surface area contributed by atoms with Crippen LogP contribution in [0.3, 0.4) is 0 Å². The summed E-state index contributed by atoms with van der Waals surface area (Å²) in [5, 5.41) is 2.92. The van der Waals surface area contributed by atoms with Gasteiger partial charge in [0.2, 0.25) is 17.7 Å². The fourth-order valence-electron chi connectivity index (χ4n) is 6.99. The summed E-state index contributed by atoms with van der Waals surface area (Å²) >= 11 is 0. The number of likely N-dealkylation sites (tertiary alicyclic amines) is 1. The molecule has 3 amide bonds. The van der Waals surface area contributed by atoms with Crippen molar-refractivity contribution in [2.24, 2.45) is 41.4 Å². The van der Waals surface area contributed by atoms with Crippen molar-refractivity contribution < 1.29 is 23.9 Å². The van der Waals surface area contributed by atoms with E-state index in [1.54, 1.807) is 29.2 Å². The van der Waals surface area contributed by atoms with Crippen LogP contribution in [0.5, 0.6) is 0 Å². The van der Waals surface area contributed by atoms with Crippen LogP contribution < -0.4 is 5.32 Å². The van der Waals surface area contributed by atoms with Crippen molar-refractivity contribution >= 4 is 29.4 Å². The highest BCUT2D eigenvalue weighted by molar-refractivity contribution is 6.06. The number of hydrogen-bond acceptors (Lipinski definition) is 5. The maximum atomic E-state index is 13.3. The third-order valence-electron chi connectivity index (χ3n) is 8.70. The number of carbonyl (C=O) groups excluding carboxylic acids is 4. The number of hydrogen-bond donors (Lipinski definition) is 1. The average molecular weight is 449 g/mol. The third kappa shape index (κ3) is 3.15. The maximum Gasteiger partial charge on any atom is 0.337 e. The number of benzene rings is 1. The van der Waals surface area contributed by atoms with E-state index in [4.69, 9.17) is 4.74 Å². The van der Waals surface area contributed by atoms with Gasteiger partial charge in [-0.25, -0.2) is 4.79 Å². The minimum absolute atomic E-state index is 0.0355. The Hall–Kier alpha value is -2.96. The fourth-order valence-corrected chi connectivity index (χ4v) is 6.99. The standard InChI is InChI=1S/C26H28N2O5/c1-33-26(32)14-2-6-15(7-3-14)27-23(29)13-4-8-16(9-5-13)28-24(30)21-17-10-11-18(20-12-19(17)20)22(21)25(28)31/h2-3,6-7,10-11,13,16-22H,4-5,8-9,12H2,1H3,(H,27,29). The predicted molar refractivity (Wildman–Crippen MR) is 119 cm³/mol. The SMILES string of the molecule is COC(=O)c1ccc(NC(=O)C2CCC(N3C(=O)C4C5C=CC(C6CC56)C4C3=O)CC2)cc1. The van der Waals surface area contributed by atoms with Crippen molar-refractivity contribution in [2.75, 3.05) is 12.4 Å². The first kappa shape index (κ1) is 20.6. The molecule has 6 aliphatic rings. The number of nitrogens with one attached hydrogen (secondary N) is 1. The van der Waals surface area contributed by atoms with Crippen LogP contribution in [-0.2, 0) is 19.1 Å². The first-order valence-electron chi connectivity index (χ1n) is 12.0. The molecule has 4 fully saturated rings. The topological polar surface area (TPSA) is 92.8 Å². The summed E-state index contributed by atoms with van der Waals surface area (Å²) in [5.41, 5.74) is 1.06. The Morgan fingerprint density at radius 1 is 0.909 bits per heavy atom. The second kappa shape index (κ2) is 7.54. The lowest BCUT2D eigenvalue weighted by molar-refractivity contribution is -0.144. The van der Waals surface area contributed by atoms with Gasteiger partial charge in [0, 0.05) is 17.6 Å². The Kier molecular flexibility index (Phi) is 4.71. The van der Waals surface area contributed by atoms with Crippen molar-refractivity contribution in [3.63, 3.8) is 0 Å². The van der Waals surface area contributed by atoms with Crippen molar-refractivity contribution in [3.05, 3.63) is 42.0 Å². The van der Waals surface area contributed by atoms with Crippen LogP contribution >= 0.6 is 0 Å². The lowest BCUT2D eigenvalue weighted by Gasteiger charge is -2.37. The Balaban J connectivity index is 1.07. The molecule has 0 spiro atoms. The number of esters is 1. The van der Waals surface area contributed by atoms with Crippen molar-refractivity contribution in [2.45, 2.75) is 38.1 Å². The highest BCUT2D eigenvalue weighted by Gasteiger charge is 2.67. The molecule has 1 saturated heterocycles. The van der Waals surface area contributed by atoms with Crippen LogP contribution in [0.15, 0.2) is 36.4 Å². The predicted octanol–water partition coefficient (Wildman–Crippen LogP) is 3.02. The van der Waals surface area contributed by atoms with Crippen LogP contribution in [0.2, 0.25) is 0 Å². The Morgan fingerprint density at radius 2 is 1.48 bits per heavy atom. The van der Waals surface area contributed by atoms with E-state index in [1.165, 1.54) is 13.5 Å². The summed E-state index contributed by atoms with van der Waals surface area (Å²) < 4.78 is 4.69. The smallest absolute Gasteiger partial charge is 0.337 e. The van der Waals surface area contributed by atoms with Gasteiger partial charge in [0.1, 0.15) is 0 Å². The second-order valence-corrected chi connectivity index (χ2v) is 10.3. The number of anilines is 1. The Bertz CT molecular complexity index is 1020. The molecule has 6 unspecified atom stereocenters. The lowest BCUT2D eigenvalue weighted by Crippen LogP contribution is -2.44. The van der Waals surface area contributed by atoms with Crippen LogP contribution in [0, 0.1) is 41.4 Å². The van der Waals surface area contributed by atoms with E-state index < -0.39 is 5.97 Å². The van der Waals surface area contributed by atoms with Crippen molar-refractivity contribution in [1.82, 2.24) is 4.90 Å². The quantitative estimate of drug-likeness (QED) is 0.434. The zero-order valence-corrected chi connectivity index (χ0v) is 18.6. The van der Waals surface area contributed by atoms with Crippen LogP contribution in [0.4, 0.5) is 5.69 Å². The van der Waals surface area contributed by atoms with Gasteiger partial charge >= 0.3 is 5.97 Å². The second-order valence-electron chi connectivity index (χ2n) is 10.3. The summed E-state index contributed by atoms with van der Waals surface area (Å²) in [5.74, 6) is 0.864. The third-order valence-corrected chi connectivity index (χ3v) is 8.70. The molecule has 7 nitrogen and oxygen atoms in total. The number of ether oxygens (including phenoxy) is 1. The van der Waals surface area contributed by atoms with Gasteiger partial charge in [0.05, 0.1) is 24.5 Å². The normalized spacial score (nSPS) is 38.0. The number of nitrogens with zero attached hydrogens (tertiary/aromatic N) is 1. The molecule has 0 aromatic heterocycles. The van der Waals surface area contributed by atoms with Gasteiger partial charge < -0.3 is 10.1 Å². The van der Waals surface area contributed by atoms with Gasteiger partial charge in [-0.05, 0) is 80.0 Å². The molecule has 7 rings (SSSR count). The van der Waals surface area contributed by atoms with Gasteiger partial charge in [0.15, 0.2) is 0 Å². The van der Waals surface area contributed by atoms with Gasteiger partial charge in [0.25, 0.3) is 0 Å². The van der Waals surface area contributed by atoms with Gasteiger partial charge in [-0.15, -0.1) is 0 Å². The fraction of sp³-hybridized carbons (Fsp3) is 0.538. The van der Waals surface area contributed by atoms with Crippen molar-refractivity contribution in [3.8, 4) is 0 Å². The molecule has 1 N–H and O–H groups in total. The summed E-state index contributed by atoms with van der Waals surface area (Å²) in [7, 11) is 1.33. The molecule has 172 valence electrons. The maximum absolute atomic E-state index is 13.3. The van der Waals surface area contributed by atoms with Crippen molar-refractivity contribution in [1.29, 1.82) is 0 Å². The molecule has 1 heterocycles. The molecule has 1 aromatic rings. The molecule has 33 heavy (non-hydrogen) atoms. The Labute approximate surface area is 192 Å². The van der Waals surface area contributed by atoms with Crippen LogP contribution in [0.1, 0.15) is 42.5 Å². The van der Waals surface area contributed by atoms with Gasteiger partial charge in [-0.2, -0.15) is 0 Å². The molecule has 3 saturated carbocycles. The molecular formula is C26H28N2O5. The number of allylic oxidation sites excluding steroid dienone is 2. The first-order chi connectivity index (χ1) is 16.0. The molecule has 0 radical (unpaired) electrons. The minimum Gasteiger partial charge on any atom is -0.465 e. The number of rotatable bonds is 4. The molecule has 5 aliphatic carbocycles. The molecule has 1 aromatic carbocycles. The number of methoxy groups -OCH3 is 1. The van der Waals surface area contributed by atoms with Crippen LogP contribution in [-0.4, -0.2) is 41.7 Å². The Morgan fingerprint density at radius 3 is 2.03 bits per heavy atom. The number of imide groups is 1. The first-order valence-corrected chi connectivity index (χ1v) is 12.0. The molecule has 7 heteroatoms. The van der Waals surface area contributed by atoms with E-state index in [0.29, 0.717) is 48.8 Å². The minimum atomic E-state index is -0.419. The highest BCUT2D eigenvalue weighted by atomic mass is 16.5. The summed E-state index contributed by atoms with van der Waals surface area (Å²) in [6, 6.07) is 6.52. The lowest BCUT2D eigenvalue weighted by atomic mass is 9.63.